The molecule has 332 valence electrons. The molecule has 0 saturated carbocycles. The monoisotopic (exact) mass is 885 g/mol. The molecule has 22 heteroatoms. The van der Waals surface area contributed by atoms with Crippen LogP contribution in [0.25, 0.3) is 0 Å². The van der Waals surface area contributed by atoms with Gasteiger partial charge in [0.05, 0.1) is 29.0 Å². The maximum absolute atomic E-state index is 11.1. The van der Waals surface area contributed by atoms with Crippen molar-refractivity contribution in [3.63, 3.8) is 0 Å². The van der Waals surface area contributed by atoms with Crippen LogP contribution in [0.3, 0.4) is 0 Å². The van der Waals surface area contributed by atoms with Gasteiger partial charge >= 0.3 is 9.71 Å². The molecule has 1 aliphatic rings. The van der Waals surface area contributed by atoms with Gasteiger partial charge in [-0.25, -0.2) is 15.1 Å². The Morgan fingerprint density at radius 2 is 1.34 bits per heavy atom. The summed E-state index contributed by atoms with van der Waals surface area (Å²) >= 11 is 6.58. The lowest BCUT2D eigenvalue weighted by molar-refractivity contribution is -0.120. The molecule has 1 atom stereocenters. The smallest absolute Gasteiger partial charge is 0.323 e. The van der Waals surface area contributed by atoms with Crippen molar-refractivity contribution in [3.8, 4) is 0 Å². The van der Waals surface area contributed by atoms with E-state index in [0.717, 1.165) is 34.8 Å². The number of nitrogens with one attached hydrogen (secondary N) is 4. The quantitative estimate of drug-likeness (QED) is 0.131. The highest BCUT2D eigenvalue weighted by atomic mass is 32.2. The van der Waals surface area contributed by atoms with Gasteiger partial charge in [-0.3, -0.25) is 24.7 Å². The van der Waals surface area contributed by atoms with E-state index in [4.69, 9.17) is 23.5 Å². The van der Waals surface area contributed by atoms with E-state index in [1.54, 1.807) is 0 Å². The number of ether oxygens (including phenoxy) is 4. The Balaban J connectivity index is 0.000000369. The number of aromatic amines is 3. The number of carbonyl (C=O) groups is 2. The normalized spacial score (nSPS) is 14.4. The molecular formula is C37H63N11O8S3. The zero-order valence-corrected chi connectivity index (χ0v) is 39.6. The van der Waals surface area contributed by atoms with E-state index in [1.807, 2.05) is 102 Å². The van der Waals surface area contributed by atoms with Crippen LogP contribution < -0.4 is 10.2 Å². The van der Waals surface area contributed by atoms with Gasteiger partial charge < -0.3 is 23.5 Å². The molecule has 4 N–H and O–H groups in total. The molecule has 1 aliphatic heterocycles. The minimum atomic E-state index is -0.383. The predicted octanol–water partition coefficient (Wildman–Crippen LogP) is 6.94. The fourth-order valence-electron chi connectivity index (χ4n) is 3.44. The lowest BCUT2D eigenvalue weighted by Crippen LogP contribution is -2.31. The van der Waals surface area contributed by atoms with E-state index in [-0.39, 0.29) is 60.5 Å². The summed E-state index contributed by atoms with van der Waals surface area (Å²) in [5, 5.41) is 17.4. The van der Waals surface area contributed by atoms with Crippen LogP contribution in [0.1, 0.15) is 133 Å². The van der Waals surface area contributed by atoms with Gasteiger partial charge in [0.2, 0.25) is 5.91 Å². The number of hydrogen-bond acceptors (Lipinski definition) is 18. The number of hydrogen-bond donors (Lipinski definition) is 4. The van der Waals surface area contributed by atoms with Crippen molar-refractivity contribution in [3.05, 3.63) is 55.8 Å². The maximum Gasteiger partial charge on any atom is 0.323 e. The van der Waals surface area contributed by atoms with E-state index in [9.17, 15) is 14.4 Å². The molecule has 19 nitrogen and oxygen atoms in total. The second-order valence-corrected chi connectivity index (χ2v) is 19.9. The van der Waals surface area contributed by atoms with Gasteiger partial charge in [-0.05, 0) is 120 Å². The highest BCUT2D eigenvalue weighted by Gasteiger charge is 2.32. The molecule has 0 aliphatic carbocycles. The average Bonchev–Trinajstić information content (AvgIpc) is 3.90. The van der Waals surface area contributed by atoms with E-state index >= 15 is 0 Å². The molecule has 1 unspecified atom stereocenters. The fraction of sp³-hybridized carbons (Fsp3) is 0.703. The van der Waals surface area contributed by atoms with Crippen molar-refractivity contribution in [1.29, 1.82) is 0 Å². The van der Waals surface area contributed by atoms with Gasteiger partial charge in [0.15, 0.2) is 11.6 Å². The second kappa shape index (κ2) is 23.8. The topological polar surface area (TPSA) is 251 Å². The first kappa shape index (κ1) is 53.2. The summed E-state index contributed by atoms with van der Waals surface area (Å²) in [6, 6.07) is 1.97. The van der Waals surface area contributed by atoms with Crippen molar-refractivity contribution >= 4 is 46.7 Å². The van der Waals surface area contributed by atoms with Crippen molar-refractivity contribution in [2.75, 3.05) is 6.61 Å². The number of aromatic nitrogens is 10. The molecule has 0 radical (unpaired) electrons. The Bertz CT molecular complexity index is 1870. The molecule has 2 amide bonds. The van der Waals surface area contributed by atoms with E-state index in [0.29, 0.717) is 37.3 Å². The molecule has 0 aromatic carbocycles. The molecule has 59 heavy (non-hydrogen) atoms. The van der Waals surface area contributed by atoms with Crippen molar-refractivity contribution < 1.29 is 33.1 Å². The molecule has 4 aromatic rings. The number of H-pyrrole nitrogens is 3. The highest BCUT2D eigenvalue weighted by Crippen LogP contribution is 2.21. The van der Waals surface area contributed by atoms with Gasteiger partial charge in [0.25, 0.3) is 5.24 Å². The number of imide groups is 1. The lowest BCUT2D eigenvalue weighted by atomic mass is 9.92. The molecule has 5 heterocycles. The first-order valence-corrected chi connectivity index (χ1v) is 20.7. The summed E-state index contributed by atoms with van der Waals surface area (Å²) in [5.41, 5.74) is 0.445. The summed E-state index contributed by atoms with van der Waals surface area (Å²) in [6.45, 7) is 33.3. The fourth-order valence-corrected chi connectivity index (χ4v) is 4.77. The van der Waals surface area contributed by atoms with E-state index in [1.165, 1.54) is 0 Å². The molecule has 1 fully saturated rings. The summed E-state index contributed by atoms with van der Waals surface area (Å²) in [4.78, 5) is 47.4. The largest absolute Gasteiger partial charge is 0.374 e. The number of carbonyl (C=O) groups excluding carboxylic acids is 2. The number of thioether (sulfide) groups is 1. The van der Waals surface area contributed by atoms with Crippen LogP contribution in [0.15, 0.2) is 21.6 Å². The molecule has 0 bridgehead atoms. The summed E-state index contributed by atoms with van der Waals surface area (Å²) in [5.74, 6) is 2.39. The molecule has 5 rings (SSSR count). The number of aryl methyl sites for hydroxylation is 1. The SMILES string of the molecule is CC(C)(C)OCC1SC(=O)NC1=O.CC(C)(C)OCc1nc(=S)o[nH]1.CC(C)(C)OCc1nn[nH]n1.CC(C)(C)OCc1nsc(=O)[nH]1.Cc1nccc(C(C)(C)C)n1. The van der Waals surface area contributed by atoms with Gasteiger partial charge in [0, 0.05) is 28.8 Å². The first-order chi connectivity index (χ1) is 26.9. The third kappa shape index (κ3) is 27.6. The van der Waals surface area contributed by atoms with Crippen LogP contribution in [0, 0.1) is 11.8 Å². The van der Waals surface area contributed by atoms with Crippen LogP contribution in [0.2, 0.25) is 0 Å². The Labute approximate surface area is 359 Å². The van der Waals surface area contributed by atoms with Gasteiger partial charge in [-0.1, -0.05) is 26.0 Å². The van der Waals surface area contributed by atoms with Crippen LogP contribution in [-0.4, -0.2) is 95.5 Å². The van der Waals surface area contributed by atoms with Gasteiger partial charge in [0.1, 0.15) is 36.7 Å². The maximum atomic E-state index is 11.1. The van der Waals surface area contributed by atoms with Gasteiger partial charge in [-0.15, -0.1) is 10.2 Å². The van der Waals surface area contributed by atoms with Crippen LogP contribution >= 0.6 is 35.5 Å². The number of tetrazole rings is 1. The third-order valence-corrected chi connectivity index (χ3v) is 7.96. The summed E-state index contributed by atoms with van der Waals surface area (Å²) in [6.07, 6.45) is 1.81. The van der Waals surface area contributed by atoms with Crippen molar-refractivity contribution in [2.24, 2.45) is 0 Å². The number of amides is 2. The van der Waals surface area contributed by atoms with Gasteiger partial charge in [-0.2, -0.15) is 14.6 Å². The number of rotatable bonds is 8. The van der Waals surface area contributed by atoms with Crippen molar-refractivity contribution in [1.82, 2.24) is 55.4 Å². The molecular weight excluding hydrogens is 823 g/mol. The minimum Gasteiger partial charge on any atom is -0.374 e. The van der Waals surface area contributed by atoms with Crippen LogP contribution in [0.5, 0.6) is 0 Å². The molecule has 0 spiro atoms. The standard InChI is InChI=1S/C9H14N2.C8H13NO3S.2C7H12N2O2S.C6H12N4O/c1-7-10-6-5-8(11-7)9(2,3)4;1-8(2,3)12-4-5-6(10)9-7(11)13-5;1-7(2,3)11-4-5-8-6(10)12-9-5;1-7(2,3)10-4-5-8-6(12)11-9-5;1-6(2,3)11-4-5-7-9-10-8-5/h5-6H,1-4H3;5H,4H2,1-3H3,(H,9,10,11);4H2,1-3H3,(H,8,9,10);4H2,1-3H3,(H,8,9,12);4H2,1-3H3,(H,7,8,9,10). The average molecular weight is 886 g/mol. The minimum absolute atomic E-state index is 0.133. The second-order valence-electron chi connectivity index (χ2n) is 17.6. The zero-order valence-electron chi connectivity index (χ0n) is 37.2. The highest BCUT2D eigenvalue weighted by molar-refractivity contribution is 8.15. The molecule has 4 aromatic heterocycles. The molecule has 1 saturated heterocycles. The Kier molecular flexibility index (Phi) is 21.5. The van der Waals surface area contributed by atoms with Crippen LogP contribution in [0.4, 0.5) is 4.79 Å². The van der Waals surface area contributed by atoms with Crippen LogP contribution in [-0.2, 0) is 49.0 Å². The lowest BCUT2D eigenvalue weighted by Gasteiger charge is -2.20. The van der Waals surface area contributed by atoms with E-state index < -0.39 is 0 Å². The number of nitrogens with zero attached hydrogens (tertiary/aromatic N) is 7. The Hall–Kier alpha value is -3.80. The summed E-state index contributed by atoms with van der Waals surface area (Å²) < 4.78 is 30.2. The summed E-state index contributed by atoms with van der Waals surface area (Å²) in [7, 11) is 0. The van der Waals surface area contributed by atoms with E-state index in [2.05, 4.69) is 88.4 Å². The van der Waals surface area contributed by atoms with Crippen molar-refractivity contribution in [2.45, 2.75) is 164 Å². The third-order valence-electron chi connectivity index (χ3n) is 6.25. The first-order valence-electron chi connectivity index (χ1n) is 18.6. The Morgan fingerprint density at radius 3 is 1.73 bits per heavy atom. The zero-order chi connectivity index (χ0) is 45.2. The predicted molar refractivity (Wildman–Crippen MR) is 228 cm³/mol. The Morgan fingerprint density at radius 1 is 0.780 bits per heavy atom.